The van der Waals surface area contributed by atoms with Crippen LogP contribution in [0.2, 0.25) is 0 Å². The van der Waals surface area contributed by atoms with Crippen molar-refractivity contribution in [3.05, 3.63) is 64.0 Å². The van der Waals surface area contributed by atoms with E-state index in [0.717, 1.165) is 25.7 Å². The number of carbonyl (C=O) groups excluding carboxylic acids is 1. The monoisotopic (exact) mass is 699 g/mol. The standard InChI is InChI=1S/C37H54N3O8P/c1-24(2)30-12-9-26(5)20-34(30)47-49(44,48-35-21-27(6)10-13-31(35)25(3)4)37(29-8-7-15-38-23-29)46-36(41)28-11-14-32(33(22-28)40(42)43)39-16-18-45-19-17-39/h7-8,11,14-15,22-27,30-31,34-35,37H,9-10,12-13,16-21H2,1-6H3/t26-,27-,30-,31-,34-,35-,37+/m1/s1. The summed E-state index contributed by atoms with van der Waals surface area (Å²) in [7, 11) is -4.27. The maximum absolute atomic E-state index is 15.7. The van der Waals surface area contributed by atoms with Gasteiger partial charge in [-0.2, -0.15) is 0 Å². The number of hydrogen-bond donors (Lipinski definition) is 0. The third kappa shape index (κ3) is 9.09. The Balaban J connectivity index is 1.55. The zero-order valence-electron chi connectivity index (χ0n) is 29.9. The Morgan fingerprint density at radius 3 is 2.06 bits per heavy atom. The van der Waals surface area contributed by atoms with Crippen LogP contribution in [0.1, 0.15) is 102 Å². The predicted octanol–water partition coefficient (Wildman–Crippen LogP) is 8.83. The number of nitro groups is 1. The second kappa shape index (κ2) is 16.4. The van der Waals surface area contributed by atoms with Gasteiger partial charge in [0.15, 0.2) is 0 Å². The number of nitrogens with zero attached hydrogens (tertiary/aromatic N) is 3. The molecular formula is C37H54N3O8P. The Morgan fingerprint density at radius 1 is 0.959 bits per heavy atom. The lowest BCUT2D eigenvalue weighted by molar-refractivity contribution is -0.384. The number of anilines is 1. The van der Waals surface area contributed by atoms with Crippen molar-refractivity contribution in [1.29, 1.82) is 0 Å². The highest BCUT2D eigenvalue weighted by Crippen LogP contribution is 2.66. The fourth-order valence-corrected chi connectivity index (χ4v) is 10.1. The SMILES string of the molecule is CC(C)[C@H]1CC[C@@H](C)C[C@H]1OP(=O)(O[C@@H]1C[C@H](C)CC[C@@H]1C(C)C)[C@H](OC(=O)c1ccc(N2CCOCC2)c([N+](=O)[O-])c1)c1cccnc1. The van der Waals surface area contributed by atoms with Crippen LogP contribution in [0.4, 0.5) is 11.4 Å². The minimum absolute atomic E-state index is 0.0261. The molecule has 0 amide bonds. The number of benzene rings is 1. The van der Waals surface area contributed by atoms with E-state index in [0.29, 0.717) is 62.2 Å². The maximum atomic E-state index is 15.7. The molecule has 1 aromatic heterocycles. The van der Waals surface area contributed by atoms with E-state index in [9.17, 15) is 14.9 Å². The third-order valence-electron chi connectivity index (χ3n) is 10.7. The minimum atomic E-state index is -4.27. The molecule has 0 spiro atoms. The average Bonchev–Trinajstić information content (AvgIpc) is 3.07. The van der Waals surface area contributed by atoms with Gasteiger partial charge in [-0.3, -0.25) is 19.7 Å². The first-order valence-electron chi connectivity index (χ1n) is 18.0. The van der Waals surface area contributed by atoms with Crippen molar-refractivity contribution in [2.75, 3.05) is 31.2 Å². The highest BCUT2D eigenvalue weighted by Gasteiger charge is 2.49. The van der Waals surface area contributed by atoms with Gasteiger partial charge in [0.1, 0.15) is 5.69 Å². The molecule has 0 unspecified atom stereocenters. The zero-order valence-corrected chi connectivity index (χ0v) is 30.8. The number of rotatable bonds is 12. The smallest absolute Gasteiger partial charge is 0.376 e. The second-order valence-corrected chi connectivity index (χ2v) is 17.1. The van der Waals surface area contributed by atoms with Gasteiger partial charge in [0.25, 0.3) is 5.69 Å². The molecule has 2 aliphatic carbocycles. The van der Waals surface area contributed by atoms with Crippen LogP contribution in [-0.2, 0) is 23.1 Å². The van der Waals surface area contributed by atoms with Crippen LogP contribution in [0.25, 0.3) is 0 Å². The van der Waals surface area contributed by atoms with Gasteiger partial charge < -0.3 is 23.4 Å². The molecule has 3 aliphatic rings. The molecule has 0 bridgehead atoms. The van der Waals surface area contributed by atoms with E-state index < -0.39 is 24.3 Å². The minimum Gasteiger partial charge on any atom is -0.441 e. The molecule has 1 aliphatic heterocycles. The summed E-state index contributed by atoms with van der Waals surface area (Å²) in [5.74, 6) is -0.662. The predicted molar refractivity (Wildman–Crippen MR) is 189 cm³/mol. The molecule has 2 saturated carbocycles. The summed E-state index contributed by atoms with van der Waals surface area (Å²) in [5.41, 5.74) is 0.551. The van der Waals surface area contributed by atoms with Crippen molar-refractivity contribution < 1.29 is 32.8 Å². The Hall–Kier alpha value is -2.85. The van der Waals surface area contributed by atoms with Crippen molar-refractivity contribution >= 4 is 24.9 Å². The summed E-state index contributed by atoms with van der Waals surface area (Å²) in [6, 6.07) is 7.72. The number of carbonyl (C=O) groups is 1. The lowest BCUT2D eigenvalue weighted by Gasteiger charge is -2.43. The number of aromatic nitrogens is 1. The first-order valence-corrected chi connectivity index (χ1v) is 19.7. The number of ether oxygens (including phenoxy) is 2. The summed E-state index contributed by atoms with van der Waals surface area (Å²) in [6.45, 7) is 14.9. The lowest BCUT2D eigenvalue weighted by Crippen LogP contribution is -2.37. The van der Waals surface area contributed by atoms with Crippen LogP contribution in [0.3, 0.4) is 0 Å². The first-order chi connectivity index (χ1) is 23.4. The molecular weight excluding hydrogens is 645 g/mol. The van der Waals surface area contributed by atoms with Gasteiger partial charge in [-0.05, 0) is 79.4 Å². The van der Waals surface area contributed by atoms with E-state index in [1.165, 1.54) is 18.3 Å². The van der Waals surface area contributed by atoms with E-state index >= 15 is 4.57 Å². The summed E-state index contributed by atoms with van der Waals surface area (Å²) >= 11 is 0. The van der Waals surface area contributed by atoms with E-state index in [1.54, 1.807) is 24.4 Å². The van der Waals surface area contributed by atoms with Crippen LogP contribution >= 0.6 is 7.60 Å². The quantitative estimate of drug-likeness (QED) is 0.0917. The molecule has 11 nitrogen and oxygen atoms in total. The molecule has 49 heavy (non-hydrogen) atoms. The second-order valence-electron chi connectivity index (χ2n) is 15.1. The number of esters is 1. The van der Waals surface area contributed by atoms with Gasteiger partial charge in [0.05, 0.1) is 35.9 Å². The normalized spacial score (nSPS) is 27.2. The van der Waals surface area contributed by atoms with E-state index in [2.05, 4.69) is 46.5 Å². The molecule has 3 fully saturated rings. The summed E-state index contributed by atoms with van der Waals surface area (Å²) in [5, 5.41) is 12.2. The first kappa shape index (κ1) is 37.4. The molecule has 2 aromatic rings. The maximum Gasteiger partial charge on any atom is 0.376 e. The third-order valence-corrected chi connectivity index (χ3v) is 12.8. The largest absolute Gasteiger partial charge is 0.441 e. The van der Waals surface area contributed by atoms with Gasteiger partial charge >= 0.3 is 13.6 Å². The Labute approximate surface area is 291 Å². The number of hydrogen-bond acceptors (Lipinski definition) is 10. The molecule has 0 N–H and O–H groups in total. The summed E-state index contributed by atoms with van der Waals surface area (Å²) in [6.07, 6.45) is 7.82. The zero-order chi connectivity index (χ0) is 35.3. The molecule has 12 heteroatoms. The molecule has 1 saturated heterocycles. The Bertz CT molecular complexity index is 1430. The fourth-order valence-electron chi connectivity index (χ4n) is 7.86. The number of pyridine rings is 1. The van der Waals surface area contributed by atoms with Crippen molar-refractivity contribution in [1.82, 2.24) is 4.98 Å². The van der Waals surface area contributed by atoms with E-state index in [-0.39, 0.29) is 47.1 Å². The molecule has 0 radical (unpaired) electrons. The van der Waals surface area contributed by atoms with Crippen LogP contribution < -0.4 is 4.90 Å². The van der Waals surface area contributed by atoms with Crippen molar-refractivity contribution in [3.63, 3.8) is 0 Å². The Morgan fingerprint density at radius 2 is 1.55 bits per heavy atom. The highest BCUT2D eigenvalue weighted by molar-refractivity contribution is 7.54. The molecule has 270 valence electrons. The van der Waals surface area contributed by atoms with Crippen LogP contribution in [-0.4, -0.2) is 54.4 Å². The van der Waals surface area contributed by atoms with Crippen molar-refractivity contribution in [2.24, 2.45) is 35.5 Å². The van der Waals surface area contributed by atoms with Gasteiger partial charge in [-0.1, -0.05) is 60.5 Å². The van der Waals surface area contributed by atoms with Gasteiger partial charge in [0.2, 0.25) is 5.85 Å². The van der Waals surface area contributed by atoms with Crippen molar-refractivity contribution in [3.8, 4) is 0 Å². The molecule has 2 heterocycles. The molecule has 5 rings (SSSR count). The van der Waals surface area contributed by atoms with Gasteiger partial charge in [-0.25, -0.2) is 4.79 Å². The van der Waals surface area contributed by atoms with Gasteiger partial charge in [-0.15, -0.1) is 0 Å². The van der Waals surface area contributed by atoms with Crippen LogP contribution in [0.15, 0.2) is 42.7 Å². The average molecular weight is 700 g/mol. The highest BCUT2D eigenvalue weighted by atomic mass is 31.2. The topological polar surface area (TPSA) is 130 Å². The molecule has 1 aromatic carbocycles. The molecule has 7 atom stereocenters. The number of morpholine rings is 1. The van der Waals surface area contributed by atoms with Crippen LogP contribution in [0.5, 0.6) is 0 Å². The van der Waals surface area contributed by atoms with E-state index in [1.807, 2.05) is 4.90 Å². The fraction of sp³-hybridized carbons (Fsp3) is 0.676. The van der Waals surface area contributed by atoms with Crippen LogP contribution in [0, 0.1) is 45.6 Å². The van der Waals surface area contributed by atoms with E-state index in [4.69, 9.17) is 18.5 Å². The summed E-state index contributed by atoms with van der Waals surface area (Å²) in [4.78, 5) is 31.9. The summed E-state index contributed by atoms with van der Waals surface area (Å²) < 4.78 is 40.9. The number of nitro benzene ring substituents is 1. The Kier molecular flexibility index (Phi) is 12.6. The lowest BCUT2D eigenvalue weighted by atomic mass is 9.75. The van der Waals surface area contributed by atoms with Crippen molar-refractivity contribution in [2.45, 2.75) is 98.1 Å². The van der Waals surface area contributed by atoms with Gasteiger partial charge in [0, 0.05) is 37.1 Å².